The molecule has 3 rings (SSSR count). The predicted octanol–water partition coefficient (Wildman–Crippen LogP) is 3.94. The zero-order valence-corrected chi connectivity index (χ0v) is 19.6. The van der Waals surface area contributed by atoms with Gasteiger partial charge in [0.25, 0.3) is 0 Å². The van der Waals surface area contributed by atoms with Gasteiger partial charge >= 0.3 is 12.1 Å². The number of aliphatic hydroxyl groups is 1. The standard InChI is InChI=1S/C24H21F4N3O6/c1-3-36-23(34)16(22(33)15-7-18(26)19(27)8-17(15)25)10-30-21-5-4-13(6-20(21)28)31-11-14(37-24(31)35)9-29-12(2)32/h4-8,10,14,33H,3,9,11H2,1-2H3,(H,29,32)/b22-16-,30-10?. The number of aliphatic imine (C=N–C) groups is 1. The van der Waals surface area contributed by atoms with Gasteiger partial charge in [0.1, 0.15) is 23.3 Å². The molecule has 1 saturated heterocycles. The summed E-state index contributed by atoms with van der Waals surface area (Å²) in [4.78, 5) is 40.4. The van der Waals surface area contributed by atoms with Crippen molar-refractivity contribution in [2.45, 2.75) is 20.0 Å². The molecule has 196 valence electrons. The van der Waals surface area contributed by atoms with Crippen molar-refractivity contribution < 1.29 is 46.5 Å². The predicted molar refractivity (Wildman–Crippen MR) is 123 cm³/mol. The first-order valence-corrected chi connectivity index (χ1v) is 10.8. The number of esters is 1. The summed E-state index contributed by atoms with van der Waals surface area (Å²) < 4.78 is 65.7. The normalized spacial score (nSPS) is 16.0. The van der Waals surface area contributed by atoms with Gasteiger partial charge in [-0.15, -0.1) is 0 Å². The third kappa shape index (κ3) is 6.42. The first kappa shape index (κ1) is 27.2. The zero-order chi connectivity index (χ0) is 27.3. The SMILES string of the molecule is CCOC(=O)/C(C=Nc1ccc(N2CC(CNC(C)=O)OC2=O)cc1F)=C(\O)c1cc(F)c(F)cc1F. The van der Waals surface area contributed by atoms with Gasteiger partial charge < -0.3 is 19.9 Å². The molecule has 1 heterocycles. The Morgan fingerprint density at radius 2 is 1.86 bits per heavy atom. The number of aliphatic hydroxyl groups excluding tert-OH is 1. The van der Waals surface area contributed by atoms with Crippen LogP contribution in [0, 0.1) is 23.3 Å². The van der Waals surface area contributed by atoms with Crippen LogP contribution in [0.15, 0.2) is 40.9 Å². The fourth-order valence-electron chi connectivity index (χ4n) is 3.27. The number of nitrogens with zero attached hydrogens (tertiary/aromatic N) is 2. The Morgan fingerprint density at radius 1 is 1.16 bits per heavy atom. The summed E-state index contributed by atoms with van der Waals surface area (Å²) in [6, 6.07) is 3.99. The number of anilines is 1. The van der Waals surface area contributed by atoms with Gasteiger partial charge in [-0.05, 0) is 31.2 Å². The van der Waals surface area contributed by atoms with E-state index in [0.717, 1.165) is 17.0 Å². The molecule has 2 aromatic rings. The van der Waals surface area contributed by atoms with E-state index >= 15 is 0 Å². The smallest absolute Gasteiger partial charge is 0.414 e. The number of hydrogen-bond acceptors (Lipinski definition) is 7. The van der Waals surface area contributed by atoms with Crippen LogP contribution in [0.5, 0.6) is 0 Å². The first-order chi connectivity index (χ1) is 17.5. The van der Waals surface area contributed by atoms with Crippen molar-refractivity contribution in [3.8, 4) is 0 Å². The number of benzene rings is 2. The lowest BCUT2D eigenvalue weighted by Crippen LogP contribution is -2.33. The number of ether oxygens (including phenoxy) is 2. The highest BCUT2D eigenvalue weighted by Crippen LogP contribution is 2.28. The molecular weight excluding hydrogens is 502 g/mol. The van der Waals surface area contributed by atoms with E-state index in [4.69, 9.17) is 9.47 Å². The fraction of sp³-hybridized carbons (Fsp3) is 0.250. The van der Waals surface area contributed by atoms with Crippen LogP contribution in [0.3, 0.4) is 0 Å². The average Bonchev–Trinajstić information content (AvgIpc) is 3.21. The van der Waals surface area contributed by atoms with Gasteiger partial charge in [-0.2, -0.15) is 0 Å². The van der Waals surface area contributed by atoms with E-state index in [-0.39, 0.29) is 43.0 Å². The summed E-state index contributed by atoms with van der Waals surface area (Å²) in [5.41, 5.74) is -1.81. The van der Waals surface area contributed by atoms with E-state index in [1.165, 1.54) is 19.9 Å². The van der Waals surface area contributed by atoms with E-state index < -0.39 is 58.3 Å². The van der Waals surface area contributed by atoms with Crippen LogP contribution in [0.2, 0.25) is 0 Å². The molecule has 2 N–H and O–H groups in total. The van der Waals surface area contributed by atoms with Crippen LogP contribution in [0.4, 0.5) is 33.7 Å². The van der Waals surface area contributed by atoms with Crippen molar-refractivity contribution in [1.82, 2.24) is 5.32 Å². The molecule has 0 aromatic heterocycles. The molecule has 1 atom stereocenters. The highest BCUT2D eigenvalue weighted by atomic mass is 19.2. The quantitative estimate of drug-likeness (QED) is 0.135. The Morgan fingerprint density at radius 3 is 2.51 bits per heavy atom. The fourth-order valence-corrected chi connectivity index (χ4v) is 3.27. The van der Waals surface area contributed by atoms with Crippen LogP contribution in [0.1, 0.15) is 19.4 Å². The minimum atomic E-state index is -1.51. The van der Waals surface area contributed by atoms with Crippen LogP contribution in [0.25, 0.3) is 5.76 Å². The molecule has 2 amide bonds. The van der Waals surface area contributed by atoms with Gasteiger partial charge in [-0.3, -0.25) is 14.7 Å². The highest BCUT2D eigenvalue weighted by molar-refractivity contribution is 6.15. The topological polar surface area (TPSA) is 118 Å². The number of rotatable bonds is 8. The van der Waals surface area contributed by atoms with E-state index in [9.17, 15) is 37.1 Å². The van der Waals surface area contributed by atoms with Gasteiger partial charge in [0, 0.05) is 19.2 Å². The maximum Gasteiger partial charge on any atom is 0.414 e. The van der Waals surface area contributed by atoms with Crippen molar-refractivity contribution in [2.24, 2.45) is 4.99 Å². The Kier molecular flexibility index (Phi) is 8.48. The van der Waals surface area contributed by atoms with Crippen molar-refractivity contribution in [3.05, 3.63) is 64.7 Å². The lowest BCUT2D eigenvalue weighted by Gasteiger charge is -2.13. The van der Waals surface area contributed by atoms with Gasteiger partial charge in [0.05, 0.1) is 36.6 Å². The molecule has 13 heteroatoms. The lowest BCUT2D eigenvalue weighted by molar-refractivity contribution is -0.137. The monoisotopic (exact) mass is 523 g/mol. The molecule has 0 saturated carbocycles. The van der Waals surface area contributed by atoms with Gasteiger partial charge in [0.2, 0.25) is 5.91 Å². The molecule has 1 unspecified atom stereocenters. The van der Waals surface area contributed by atoms with Crippen molar-refractivity contribution in [1.29, 1.82) is 0 Å². The lowest BCUT2D eigenvalue weighted by atomic mass is 10.1. The minimum absolute atomic E-state index is 0.0462. The Labute approximate surface area is 208 Å². The minimum Gasteiger partial charge on any atom is -0.506 e. The summed E-state index contributed by atoms with van der Waals surface area (Å²) in [7, 11) is 0. The van der Waals surface area contributed by atoms with E-state index in [2.05, 4.69) is 10.3 Å². The molecular formula is C24H21F4N3O6. The maximum atomic E-state index is 14.8. The van der Waals surface area contributed by atoms with E-state index in [1.807, 2.05) is 0 Å². The van der Waals surface area contributed by atoms with E-state index in [1.54, 1.807) is 0 Å². The number of amides is 2. The molecule has 1 fully saturated rings. The maximum absolute atomic E-state index is 14.8. The summed E-state index contributed by atoms with van der Waals surface area (Å²) in [5, 5.41) is 12.9. The largest absolute Gasteiger partial charge is 0.506 e. The van der Waals surface area contributed by atoms with Crippen LogP contribution in [-0.4, -0.2) is 55.1 Å². The molecule has 0 bridgehead atoms. The van der Waals surface area contributed by atoms with Crippen molar-refractivity contribution in [2.75, 3.05) is 24.6 Å². The Hall–Kier alpha value is -4.42. The zero-order valence-electron chi connectivity index (χ0n) is 19.6. The van der Waals surface area contributed by atoms with Gasteiger partial charge in [-0.1, -0.05) is 0 Å². The first-order valence-electron chi connectivity index (χ1n) is 10.8. The third-order valence-electron chi connectivity index (χ3n) is 5.04. The molecule has 0 spiro atoms. The van der Waals surface area contributed by atoms with Gasteiger partial charge in [0.15, 0.2) is 17.5 Å². The second-order valence-corrected chi connectivity index (χ2v) is 7.68. The van der Waals surface area contributed by atoms with Crippen LogP contribution < -0.4 is 10.2 Å². The van der Waals surface area contributed by atoms with Crippen LogP contribution in [-0.2, 0) is 19.1 Å². The number of halogens is 4. The Bertz CT molecular complexity index is 1300. The summed E-state index contributed by atoms with van der Waals surface area (Å²) in [5.74, 6) is -7.90. The van der Waals surface area contributed by atoms with Gasteiger partial charge in [-0.25, -0.2) is 27.2 Å². The van der Waals surface area contributed by atoms with Crippen molar-refractivity contribution in [3.63, 3.8) is 0 Å². The third-order valence-corrected chi connectivity index (χ3v) is 5.04. The molecule has 1 aliphatic rings. The highest BCUT2D eigenvalue weighted by Gasteiger charge is 2.32. The molecule has 0 aliphatic carbocycles. The molecule has 9 nitrogen and oxygen atoms in total. The summed E-state index contributed by atoms with van der Waals surface area (Å²) >= 11 is 0. The molecule has 37 heavy (non-hydrogen) atoms. The summed E-state index contributed by atoms with van der Waals surface area (Å²) in [6.45, 7) is 2.73. The number of carbonyl (C=O) groups is 3. The second-order valence-electron chi connectivity index (χ2n) is 7.68. The van der Waals surface area contributed by atoms with Crippen molar-refractivity contribution >= 4 is 41.3 Å². The molecule has 1 aliphatic heterocycles. The van der Waals surface area contributed by atoms with E-state index in [0.29, 0.717) is 12.3 Å². The Balaban J connectivity index is 1.89. The number of cyclic esters (lactones) is 1. The average molecular weight is 523 g/mol. The van der Waals surface area contributed by atoms with Crippen LogP contribution >= 0.6 is 0 Å². The number of hydrogen-bond donors (Lipinski definition) is 2. The molecule has 2 aromatic carbocycles. The second kappa shape index (κ2) is 11.5. The number of carbonyl (C=O) groups excluding carboxylic acids is 3. The molecule has 0 radical (unpaired) electrons. The summed E-state index contributed by atoms with van der Waals surface area (Å²) in [6.07, 6.45) is -0.717. The number of nitrogens with one attached hydrogen (secondary N) is 1.